The molecule has 78 valence electrons. The van der Waals surface area contributed by atoms with Crippen molar-refractivity contribution in [2.24, 2.45) is 4.99 Å². The summed E-state index contributed by atoms with van der Waals surface area (Å²) in [6.07, 6.45) is 1.44. The third kappa shape index (κ3) is 2.49. The Bertz CT molecular complexity index is 547. The Morgan fingerprint density at radius 3 is 2.62 bits per heavy atom. The Morgan fingerprint density at radius 1 is 1.19 bits per heavy atom. The predicted molar refractivity (Wildman–Crippen MR) is 67.2 cm³/mol. The third-order valence-corrected chi connectivity index (χ3v) is 2.30. The number of hydrogen-bond acceptors (Lipinski definition) is 4. The van der Waals surface area contributed by atoms with Crippen molar-refractivity contribution in [1.82, 2.24) is 9.97 Å². The maximum atomic E-state index is 5.81. The standard InChI is InChI=1S/C11H6ClN3S/c12-9-3-1-8(2-4-9)10-5-11(15-7-16)14-6-13-10/h1-6H. The minimum Gasteiger partial charge on any atom is -0.236 e. The van der Waals surface area contributed by atoms with Gasteiger partial charge in [0.1, 0.15) is 6.33 Å². The zero-order valence-corrected chi connectivity index (χ0v) is 9.66. The molecule has 0 saturated heterocycles. The van der Waals surface area contributed by atoms with Gasteiger partial charge in [-0.15, -0.1) is 0 Å². The predicted octanol–water partition coefficient (Wildman–Crippen LogP) is 3.53. The van der Waals surface area contributed by atoms with E-state index >= 15 is 0 Å². The van der Waals surface area contributed by atoms with Gasteiger partial charge in [0.25, 0.3) is 0 Å². The second-order valence-corrected chi connectivity index (χ2v) is 3.59. The molecule has 0 amide bonds. The lowest BCUT2D eigenvalue weighted by Crippen LogP contribution is -1.84. The van der Waals surface area contributed by atoms with Crippen molar-refractivity contribution < 1.29 is 0 Å². The van der Waals surface area contributed by atoms with E-state index in [9.17, 15) is 0 Å². The average molecular weight is 248 g/mol. The monoisotopic (exact) mass is 247 g/mol. The maximum Gasteiger partial charge on any atom is 0.166 e. The van der Waals surface area contributed by atoms with Crippen LogP contribution in [0.2, 0.25) is 5.02 Å². The van der Waals surface area contributed by atoms with Crippen molar-refractivity contribution >= 4 is 34.8 Å². The van der Waals surface area contributed by atoms with Gasteiger partial charge >= 0.3 is 0 Å². The van der Waals surface area contributed by atoms with Crippen LogP contribution >= 0.6 is 23.8 Å². The molecule has 0 saturated carbocycles. The third-order valence-electron chi connectivity index (χ3n) is 1.95. The van der Waals surface area contributed by atoms with Gasteiger partial charge in [-0.3, -0.25) is 0 Å². The van der Waals surface area contributed by atoms with E-state index in [1.807, 2.05) is 12.1 Å². The molecule has 5 heteroatoms. The lowest BCUT2D eigenvalue weighted by molar-refractivity contribution is 1.16. The van der Waals surface area contributed by atoms with Gasteiger partial charge in [0, 0.05) is 16.7 Å². The van der Waals surface area contributed by atoms with Crippen molar-refractivity contribution in [3.63, 3.8) is 0 Å². The highest BCUT2D eigenvalue weighted by atomic mass is 35.5. The molecule has 16 heavy (non-hydrogen) atoms. The van der Waals surface area contributed by atoms with Gasteiger partial charge < -0.3 is 0 Å². The fourth-order valence-electron chi connectivity index (χ4n) is 1.23. The zero-order valence-electron chi connectivity index (χ0n) is 8.09. The molecule has 2 aromatic rings. The van der Waals surface area contributed by atoms with E-state index < -0.39 is 0 Å². The van der Waals surface area contributed by atoms with Crippen LogP contribution in [0.15, 0.2) is 41.7 Å². The molecule has 3 nitrogen and oxygen atoms in total. The summed E-state index contributed by atoms with van der Waals surface area (Å²) in [6.45, 7) is 0. The van der Waals surface area contributed by atoms with E-state index in [2.05, 4.69) is 32.3 Å². The van der Waals surface area contributed by atoms with Crippen molar-refractivity contribution in [2.45, 2.75) is 0 Å². The van der Waals surface area contributed by atoms with Gasteiger partial charge in [0.2, 0.25) is 0 Å². The number of thiocarbonyl (C=S) groups is 1. The van der Waals surface area contributed by atoms with Gasteiger partial charge in [-0.05, 0) is 24.4 Å². The van der Waals surface area contributed by atoms with Crippen LogP contribution in [0, 0.1) is 0 Å². The van der Waals surface area contributed by atoms with E-state index in [0.717, 1.165) is 11.3 Å². The fraction of sp³-hybridized carbons (Fsp3) is 0. The molecule has 0 aliphatic heterocycles. The smallest absolute Gasteiger partial charge is 0.166 e. The molecule has 0 spiro atoms. The summed E-state index contributed by atoms with van der Waals surface area (Å²) < 4.78 is 0. The quantitative estimate of drug-likeness (QED) is 0.602. The topological polar surface area (TPSA) is 38.1 Å². The first-order valence-corrected chi connectivity index (χ1v) is 5.24. The zero-order chi connectivity index (χ0) is 11.4. The summed E-state index contributed by atoms with van der Waals surface area (Å²) in [4.78, 5) is 11.9. The Labute approximate surface area is 103 Å². The van der Waals surface area contributed by atoms with Crippen molar-refractivity contribution in [1.29, 1.82) is 0 Å². The molecule has 1 heterocycles. The highest BCUT2D eigenvalue weighted by molar-refractivity contribution is 7.78. The lowest BCUT2D eigenvalue weighted by atomic mass is 10.1. The number of isothiocyanates is 1. The maximum absolute atomic E-state index is 5.81. The van der Waals surface area contributed by atoms with Gasteiger partial charge in [-0.25, -0.2) is 9.97 Å². The molecule has 0 N–H and O–H groups in total. The number of nitrogens with zero attached hydrogens (tertiary/aromatic N) is 3. The van der Waals surface area contributed by atoms with Gasteiger partial charge in [0.15, 0.2) is 5.82 Å². The largest absolute Gasteiger partial charge is 0.236 e. The molecule has 2 rings (SSSR count). The van der Waals surface area contributed by atoms with Gasteiger partial charge in [-0.1, -0.05) is 23.7 Å². The first kappa shape index (κ1) is 10.9. The molecule has 0 radical (unpaired) electrons. The number of benzene rings is 1. The Kier molecular flexibility index (Phi) is 3.37. The van der Waals surface area contributed by atoms with Gasteiger partial charge in [0.05, 0.1) is 10.9 Å². The highest BCUT2D eigenvalue weighted by Crippen LogP contribution is 2.21. The highest BCUT2D eigenvalue weighted by Gasteiger charge is 2.00. The number of rotatable bonds is 2. The van der Waals surface area contributed by atoms with Crippen LogP contribution in [0.4, 0.5) is 5.82 Å². The van der Waals surface area contributed by atoms with Crippen LogP contribution in [-0.2, 0) is 0 Å². The first-order valence-electron chi connectivity index (χ1n) is 4.45. The van der Waals surface area contributed by atoms with Crippen molar-refractivity contribution in [3.05, 3.63) is 41.7 Å². The van der Waals surface area contributed by atoms with Crippen LogP contribution in [0.5, 0.6) is 0 Å². The van der Waals surface area contributed by atoms with E-state index in [1.165, 1.54) is 6.33 Å². The van der Waals surface area contributed by atoms with Crippen LogP contribution in [0.25, 0.3) is 11.3 Å². The molecule has 0 bridgehead atoms. The molecule has 1 aromatic carbocycles. The van der Waals surface area contributed by atoms with Gasteiger partial charge in [-0.2, -0.15) is 4.99 Å². The molecule has 0 aliphatic rings. The van der Waals surface area contributed by atoms with Crippen LogP contribution in [-0.4, -0.2) is 15.1 Å². The number of halogens is 1. The van der Waals surface area contributed by atoms with Crippen molar-refractivity contribution in [2.75, 3.05) is 0 Å². The number of aromatic nitrogens is 2. The van der Waals surface area contributed by atoms with Crippen LogP contribution in [0.1, 0.15) is 0 Å². The summed E-state index contributed by atoms with van der Waals surface area (Å²) >= 11 is 10.3. The molecule has 1 aromatic heterocycles. The Balaban J connectivity index is 2.43. The number of aliphatic imine (C=N–C) groups is 1. The summed E-state index contributed by atoms with van der Waals surface area (Å²) in [6, 6.07) is 9.12. The Hall–Kier alpha value is -1.61. The fourth-order valence-corrected chi connectivity index (χ4v) is 1.45. The molecule has 0 aliphatic carbocycles. The lowest BCUT2D eigenvalue weighted by Gasteiger charge is -2.00. The second kappa shape index (κ2) is 4.94. The minimum absolute atomic E-state index is 0.495. The molecular formula is C11H6ClN3S. The van der Waals surface area contributed by atoms with E-state index in [1.54, 1.807) is 18.2 Å². The minimum atomic E-state index is 0.495. The normalized spacial score (nSPS) is 9.56. The summed E-state index contributed by atoms with van der Waals surface area (Å²) in [5.41, 5.74) is 1.73. The summed E-state index contributed by atoms with van der Waals surface area (Å²) in [5, 5.41) is 2.96. The Morgan fingerprint density at radius 2 is 1.94 bits per heavy atom. The SMILES string of the molecule is S=C=Nc1cc(-c2ccc(Cl)cc2)ncn1. The molecule has 0 unspecified atom stereocenters. The molecule has 0 atom stereocenters. The van der Waals surface area contributed by atoms with E-state index in [0.29, 0.717) is 10.8 Å². The van der Waals surface area contributed by atoms with Crippen LogP contribution < -0.4 is 0 Å². The van der Waals surface area contributed by atoms with Crippen molar-refractivity contribution in [3.8, 4) is 11.3 Å². The molecule has 0 fully saturated rings. The second-order valence-electron chi connectivity index (χ2n) is 2.97. The summed E-state index contributed by atoms with van der Waals surface area (Å²) in [5.74, 6) is 0.495. The first-order chi connectivity index (χ1) is 7.79. The summed E-state index contributed by atoms with van der Waals surface area (Å²) in [7, 11) is 0. The number of hydrogen-bond donors (Lipinski definition) is 0. The van der Waals surface area contributed by atoms with Crippen LogP contribution in [0.3, 0.4) is 0 Å². The average Bonchev–Trinajstić information content (AvgIpc) is 2.31. The van der Waals surface area contributed by atoms with E-state index in [4.69, 9.17) is 11.6 Å². The molecular weight excluding hydrogens is 242 g/mol. The van der Waals surface area contributed by atoms with E-state index in [-0.39, 0.29) is 0 Å².